The van der Waals surface area contributed by atoms with Crippen molar-refractivity contribution < 1.29 is 14.8 Å². The third-order valence-electron chi connectivity index (χ3n) is 3.51. The number of phenolic OH excluding ortho intramolecular Hbond substituents is 1. The molecule has 0 bridgehead atoms. The molecule has 1 heterocycles. The van der Waals surface area contributed by atoms with Gasteiger partial charge in [-0.25, -0.2) is 9.97 Å². The highest BCUT2D eigenvalue weighted by Gasteiger charge is 2.24. The van der Waals surface area contributed by atoms with Gasteiger partial charge in [-0.2, -0.15) is 0 Å². The van der Waals surface area contributed by atoms with Crippen LogP contribution in [0.15, 0.2) is 54.9 Å². The van der Waals surface area contributed by atoms with Gasteiger partial charge in [0.15, 0.2) is 5.69 Å². The molecule has 3 aromatic rings. The summed E-state index contributed by atoms with van der Waals surface area (Å²) in [6.07, 6.45) is 1.23. The van der Waals surface area contributed by atoms with E-state index in [9.17, 15) is 15.2 Å². The summed E-state index contributed by atoms with van der Waals surface area (Å²) in [6, 6.07) is 13.2. The van der Waals surface area contributed by atoms with Gasteiger partial charge >= 0.3 is 5.69 Å². The molecular weight excluding hydrogens is 324 g/mol. The van der Waals surface area contributed by atoms with Gasteiger partial charge in [-0.1, -0.05) is 24.3 Å². The Morgan fingerprint density at radius 3 is 2.68 bits per heavy atom. The number of aromatic nitrogens is 2. The van der Waals surface area contributed by atoms with Gasteiger partial charge in [-0.3, -0.25) is 10.1 Å². The second-order valence-electron chi connectivity index (χ2n) is 5.05. The maximum atomic E-state index is 11.6. The van der Waals surface area contributed by atoms with Crippen LogP contribution < -0.4 is 10.1 Å². The van der Waals surface area contributed by atoms with Crippen molar-refractivity contribution in [2.45, 2.75) is 0 Å². The van der Waals surface area contributed by atoms with Crippen molar-refractivity contribution in [3.05, 3.63) is 65.0 Å². The maximum absolute atomic E-state index is 11.6. The second kappa shape index (κ2) is 6.83. The molecule has 2 N–H and O–H groups in total. The lowest BCUT2D eigenvalue weighted by molar-refractivity contribution is -0.383. The van der Waals surface area contributed by atoms with Gasteiger partial charge in [0.05, 0.1) is 17.7 Å². The third kappa shape index (κ3) is 3.32. The molecule has 126 valence electrons. The van der Waals surface area contributed by atoms with E-state index in [2.05, 4.69) is 15.3 Å². The van der Waals surface area contributed by atoms with Gasteiger partial charge < -0.3 is 15.2 Å². The molecule has 0 radical (unpaired) electrons. The average molecular weight is 338 g/mol. The van der Waals surface area contributed by atoms with E-state index in [4.69, 9.17) is 4.74 Å². The van der Waals surface area contributed by atoms with Crippen LogP contribution in [-0.4, -0.2) is 27.1 Å². The summed E-state index contributed by atoms with van der Waals surface area (Å²) in [5.41, 5.74) is 0.686. The van der Waals surface area contributed by atoms with Gasteiger partial charge in [-0.15, -0.1) is 0 Å². The molecule has 2 aromatic carbocycles. The molecule has 8 nitrogen and oxygen atoms in total. The molecule has 0 aliphatic carbocycles. The van der Waals surface area contributed by atoms with Crippen LogP contribution in [0.3, 0.4) is 0 Å². The molecule has 0 aliphatic heterocycles. The smallest absolute Gasteiger partial charge is 0.337 e. The molecule has 3 rings (SSSR count). The maximum Gasteiger partial charge on any atom is 0.337 e. The molecule has 0 aliphatic rings. The fraction of sp³-hybridized carbons (Fsp3) is 0.0588. The zero-order valence-corrected chi connectivity index (χ0v) is 13.2. The summed E-state index contributed by atoms with van der Waals surface area (Å²) in [5, 5.41) is 24.3. The molecule has 0 spiro atoms. The molecular formula is C17H14N4O4. The highest BCUT2D eigenvalue weighted by molar-refractivity contribution is 5.80. The highest BCUT2D eigenvalue weighted by Crippen LogP contribution is 2.36. The minimum absolute atomic E-state index is 0.0145. The van der Waals surface area contributed by atoms with Gasteiger partial charge in [0.25, 0.3) is 0 Å². The molecule has 1 aromatic heterocycles. The molecule has 0 fully saturated rings. The van der Waals surface area contributed by atoms with Crippen LogP contribution in [0.1, 0.15) is 0 Å². The number of hydrogen-bond donors (Lipinski definition) is 2. The van der Waals surface area contributed by atoms with E-state index in [1.165, 1.54) is 19.5 Å². The fourth-order valence-electron chi connectivity index (χ4n) is 2.33. The number of nitro groups is 1. The first-order valence-corrected chi connectivity index (χ1v) is 7.29. The van der Waals surface area contributed by atoms with Crippen molar-refractivity contribution in [1.29, 1.82) is 0 Å². The number of hydrogen-bond acceptors (Lipinski definition) is 7. The van der Waals surface area contributed by atoms with E-state index in [1.807, 2.05) is 0 Å². The van der Waals surface area contributed by atoms with Crippen LogP contribution in [0, 0.1) is 10.1 Å². The van der Waals surface area contributed by atoms with Gasteiger partial charge in [0, 0.05) is 5.56 Å². The lowest BCUT2D eigenvalue weighted by Gasteiger charge is -2.10. The summed E-state index contributed by atoms with van der Waals surface area (Å²) in [5.74, 6) is 0.498. The van der Waals surface area contributed by atoms with Crippen molar-refractivity contribution in [2.75, 3.05) is 12.4 Å². The molecule has 0 saturated carbocycles. The van der Waals surface area contributed by atoms with Crippen molar-refractivity contribution in [3.63, 3.8) is 0 Å². The minimum Gasteiger partial charge on any atom is -0.506 e. The SMILES string of the molecule is COc1cccc(-c2ncnc(Nc3ccccc3O)c2[N+](=O)[O-])c1. The number of methoxy groups -OCH3 is 1. The van der Waals surface area contributed by atoms with Gasteiger partial charge in [0.1, 0.15) is 17.8 Å². The number of anilines is 2. The largest absolute Gasteiger partial charge is 0.506 e. The topological polar surface area (TPSA) is 110 Å². The quantitative estimate of drug-likeness (QED) is 0.416. The number of aromatic hydroxyl groups is 1. The van der Waals surface area contributed by atoms with Crippen molar-refractivity contribution >= 4 is 17.2 Å². The Hall–Kier alpha value is -3.68. The summed E-state index contributed by atoms with van der Waals surface area (Å²) >= 11 is 0. The van der Waals surface area contributed by atoms with Crippen LogP contribution >= 0.6 is 0 Å². The molecule has 0 amide bonds. The zero-order chi connectivity index (χ0) is 17.8. The van der Waals surface area contributed by atoms with Gasteiger partial charge in [0.2, 0.25) is 5.82 Å². The van der Waals surface area contributed by atoms with Crippen LogP contribution in [0.5, 0.6) is 11.5 Å². The van der Waals surface area contributed by atoms with E-state index >= 15 is 0 Å². The Bertz CT molecular complexity index is 930. The zero-order valence-electron chi connectivity index (χ0n) is 13.2. The Labute approximate surface area is 142 Å². The Morgan fingerprint density at radius 1 is 1.16 bits per heavy atom. The standard InChI is InChI=1S/C17H14N4O4/c1-25-12-6-4-5-11(9-12)15-16(21(23)24)17(19-10-18-15)20-13-7-2-3-8-14(13)22/h2-10,22H,1H3,(H,18,19,20). The first-order chi connectivity index (χ1) is 12.1. The first-order valence-electron chi connectivity index (χ1n) is 7.29. The predicted octanol–water partition coefficient (Wildman–Crippen LogP) is 3.51. The lowest BCUT2D eigenvalue weighted by Crippen LogP contribution is -2.03. The number of nitrogens with one attached hydrogen (secondary N) is 1. The molecule has 0 atom stereocenters. The van der Waals surface area contributed by atoms with Crippen LogP contribution in [-0.2, 0) is 0 Å². The van der Waals surface area contributed by atoms with Crippen molar-refractivity contribution in [1.82, 2.24) is 9.97 Å². The van der Waals surface area contributed by atoms with Gasteiger partial charge in [-0.05, 0) is 24.3 Å². The third-order valence-corrected chi connectivity index (χ3v) is 3.51. The fourth-order valence-corrected chi connectivity index (χ4v) is 2.33. The van der Waals surface area contributed by atoms with Crippen LogP contribution in [0.4, 0.5) is 17.2 Å². The summed E-state index contributed by atoms with van der Waals surface area (Å²) < 4.78 is 5.16. The van der Waals surface area contributed by atoms with Crippen LogP contribution in [0.25, 0.3) is 11.3 Å². The molecule has 8 heteroatoms. The summed E-state index contributed by atoms with van der Waals surface area (Å²) in [4.78, 5) is 19.1. The normalized spacial score (nSPS) is 10.3. The Balaban J connectivity index is 2.11. The Kier molecular flexibility index (Phi) is 4.42. The number of phenols is 1. The molecule has 0 saturated heterocycles. The Morgan fingerprint density at radius 2 is 1.96 bits per heavy atom. The highest BCUT2D eigenvalue weighted by atomic mass is 16.6. The van der Waals surface area contributed by atoms with E-state index in [0.29, 0.717) is 17.0 Å². The molecule has 25 heavy (non-hydrogen) atoms. The second-order valence-corrected chi connectivity index (χ2v) is 5.05. The van der Waals surface area contributed by atoms with Crippen molar-refractivity contribution in [2.24, 2.45) is 0 Å². The van der Waals surface area contributed by atoms with Crippen LogP contribution in [0.2, 0.25) is 0 Å². The number of ether oxygens (including phenoxy) is 1. The lowest BCUT2D eigenvalue weighted by atomic mass is 10.1. The number of rotatable bonds is 5. The number of benzene rings is 2. The number of nitrogens with zero attached hydrogens (tertiary/aromatic N) is 3. The monoisotopic (exact) mass is 338 g/mol. The summed E-state index contributed by atoms with van der Waals surface area (Å²) in [7, 11) is 1.51. The predicted molar refractivity (Wildman–Crippen MR) is 92.1 cm³/mol. The van der Waals surface area contributed by atoms with Crippen molar-refractivity contribution in [3.8, 4) is 22.8 Å². The van der Waals surface area contributed by atoms with E-state index < -0.39 is 4.92 Å². The average Bonchev–Trinajstić information content (AvgIpc) is 2.63. The van der Waals surface area contributed by atoms with E-state index in [0.717, 1.165) is 0 Å². The minimum atomic E-state index is -0.558. The van der Waals surface area contributed by atoms with E-state index in [1.54, 1.807) is 42.5 Å². The van der Waals surface area contributed by atoms with E-state index in [-0.39, 0.29) is 22.9 Å². The molecule has 0 unspecified atom stereocenters. The first kappa shape index (κ1) is 16.2. The summed E-state index contributed by atoms with van der Waals surface area (Å²) in [6.45, 7) is 0. The number of para-hydroxylation sites is 2.